The highest BCUT2D eigenvalue weighted by Gasteiger charge is 2.34. The largest absolute Gasteiger partial charge is 0.394 e. The first-order valence-electron chi connectivity index (χ1n) is 10.5. The van der Waals surface area contributed by atoms with Crippen LogP contribution in [0.15, 0.2) is 0 Å². The van der Waals surface area contributed by atoms with E-state index in [2.05, 4.69) is 6.92 Å². The highest BCUT2D eigenvalue weighted by atomic mass is 16.5. The molecule has 0 unspecified atom stereocenters. The van der Waals surface area contributed by atoms with Gasteiger partial charge in [0.25, 0.3) is 0 Å². The Balaban J connectivity index is 1.36. The first kappa shape index (κ1) is 17.7. The van der Waals surface area contributed by atoms with Gasteiger partial charge < -0.3 is 9.84 Å². The van der Waals surface area contributed by atoms with Gasteiger partial charge in [-0.3, -0.25) is 0 Å². The van der Waals surface area contributed by atoms with Crippen molar-refractivity contribution >= 4 is 0 Å². The van der Waals surface area contributed by atoms with Gasteiger partial charge in [-0.25, -0.2) is 0 Å². The van der Waals surface area contributed by atoms with Crippen LogP contribution in [-0.4, -0.2) is 24.4 Å². The molecule has 0 radical (unpaired) electrons. The molecule has 3 fully saturated rings. The number of rotatable bonds is 5. The van der Waals surface area contributed by atoms with Crippen LogP contribution in [0.4, 0.5) is 0 Å². The van der Waals surface area contributed by atoms with Crippen molar-refractivity contribution in [2.45, 2.75) is 90.1 Å². The Kier molecular flexibility index (Phi) is 6.83. The Hall–Kier alpha value is -0.0800. The fourth-order valence-corrected chi connectivity index (χ4v) is 5.79. The molecule has 0 atom stereocenters. The molecular weight excluding hydrogens is 284 g/mol. The summed E-state index contributed by atoms with van der Waals surface area (Å²) in [7, 11) is 0. The van der Waals surface area contributed by atoms with E-state index in [0.717, 1.165) is 29.6 Å². The number of hydrogen-bond acceptors (Lipinski definition) is 2. The normalized spacial score (nSPS) is 42.5. The zero-order chi connectivity index (χ0) is 16.1. The molecule has 3 aliphatic rings. The van der Waals surface area contributed by atoms with E-state index in [9.17, 15) is 0 Å². The van der Waals surface area contributed by atoms with Crippen LogP contribution in [0.25, 0.3) is 0 Å². The third-order valence-corrected chi connectivity index (χ3v) is 7.37. The molecule has 0 amide bonds. The molecule has 2 heteroatoms. The molecule has 0 spiro atoms. The monoisotopic (exact) mass is 322 g/mol. The minimum absolute atomic E-state index is 0.171. The summed E-state index contributed by atoms with van der Waals surface area (Å²) in [5, 5.41) is 8.87. The molecule has 0 aromatic rings. The van der Waals surface area contributed by atoms with Gasteiger partial charge in [-0.1, -0.05) is 19.8 Å². The highest BCUT2D eigenvalue weighted by Crippen LogP contribution is 2.45. The maximum atomic E-state index is 8.87. The summed E-state index contributed by atoms with van der Waals surface area (Å²) >= 11 is 0. The second kappa shape index (κ2) is 8.85. The van der Waals surface area contributed by atoms with Gasteiger partial charge in [-0.05, 0) is 93.8 Å². The van der Waals surface area contributed by atoms with Crippen molar-refractivity contribution in [3.63, 3.8) is 0 Å². The van der Waals surface area contributed by atoms with Crippen LogP contribution in [0.2, 0.25) is 0 Å². The molecule has 23 heavy (non-hydrogen) atoms. The molecule has 0 aliphatic heterocycles. The SMILES string of the molecule is CC1CCC(C2CCC(C3CCC(OCCO)CC3)CC2)CC1. The van der Waals surface area contributed by atoms with Crippen LogP contribution in [0, 0.1) is 29.6 Å². The summed E-state index contributed by atoms with van der Waals surface area (Å²) in [5.74, 6) is 5.09. The van der Waals surface area contributed by atoms with E-state index in [-0.39, 0.29) is 6.61 Å². The molecule has 1 N–H and O–H groups in total. The lowest BCUT2D eigenvalue weighted by Gasteiger charge is -2.41. The molecule has 0 saturated heterocycles. The van der Waals surface area contributed by atoms with Crippen molar-refractivity contribution in [1.82, 2.24) is 0 Å². The number of aliphatic hydroxyl groups excluding tert-OH is 1. The summed E-state index contributed by atoms with van der Waals surface area (Å²) in [6, 6.07) is 0. The third-order valence-electron chi connectivity index (χ3n) is 7.37. The molecule has 3 saturated carbocycles. The lowest BCUT2D eigenvalue weighted by atomic mass is 9.65. The van der Waals surface area contributed by atoms with E-state index >= 15 is 0 Å². The average molecular weight is 323 g/mol. The van der Waals surface area contributed by atoms with E-state index in [1.54, 1.807) is 0 Å². The van der Waals surface area contributed by atoms with Gasteiger partial charge in [0.15, 0.2) is 0 Å². The van der Waals surface area contributed by atoms with Crippen molar-refractivity contribution in [3.05, 3.63) is 0 Å². The lowest BCUT2D eigenvalue weighted by Crippen LogP contribution is -2.31. The van der Waals surface area contributed by atoms with Gasteiger partial charge in [0.2, 0.25) is 0 Å². The van der Waals surface area contributed by atoms with Gasteiger partial charge in [-0.15, -0.1) is 0 Å². The average Bonchev–Trinajstić information content (AvgIpc) is 2.61. The minimum atomic E-state index is 0.171. The highest BCUT2D eigenvalue weighted by molar-refractivity contribution is 4.85. The molecule has 0 aromatic heterocycles. The zero-order valence-electron chi connectivity index (χ0n) is 15.2. The van der Waals surface area contributed by atoms with Crippen molar-refractivity contribution in [2.75, 3.05) is 13.2 Å². The van der Waals surface area contributed by atoms with Crippen LogP contribution in [0.1, 0.15) is 84.0 Å². The summed E-state index contributed by atoms with van der Waals surface area (Å²) in [6.45, 7) is 3.14. The van der Waals surface area contributed by atoms with Crippen LogP contribution >= 0.6 is 0 Å². The lowest BCUT2D eigenvalue weighted by molar-refractivity contribution is -0.00897. The van der Waals surface area contributed by atoms with Crippen molar-refractivity contribution in [2.24, 2.45) is 29.6 Å². The zero-order valence-corrected chi connectivity index (χ0v) is 15.2. The van der Waals surface area contributed by atoms with Crippen LogP contribution in [0.3, 0.4) is 0 Å². The maximum absolute atomic E-state index is 8.87. The van der Waals surface area contributed by atoms with Gasteiger partial charge in [0, 0.05) is 0 Å². The first-order valence-corrected chi connectivity index (χ1v) is 10.5. The fraction of sp³-hybridized carbons (Fsp3) is 1.00. The molecule has 2 nitrogen and oxygen atoms in total. The van der Waals surface area contributed by atoms with E-state index in [4.69, 9.17) is 9.84 Å². The minimum Gasteiger partial charge on any atom is -0.394 e. The molecule has 0 aromatic carbocycles. The molecular formula is C21H38O2. The van der Waals surface area contributed by atoms with Crippen molar-refractivity contribution in [3.8, 4) is 0 Å². The van der Waals surface area contributed by atoms with Gasteiger partial charge >= 0.3 is 0 Å². The number of ether oxygens (including phenoxy) is 1. The summed E-state index contributed by atoms with van der Waals surface area (Å²) in [5.41, 5.74) is 0. The summed E-state index contributed by atoms with van der Waals surface area (Å²) in [4.78, 5) is 0. The second-order valence-corrected chi connectivity index (χ2v) is 8.83. The summed E-state index contributed by atoms with van der Waals surface area (Å²) < 4.78 is 5.72. The van der Waals surface area contributed by atoms with E-state index in [1.807, 2.05) is 0 Å². The van der Waals surface area contributed by atoms with E-state index < -0.39 is 0 Å². The maximum Gasteiger partial charge on any atom is 0.0701 e. The molecule has 0 bridgehead atoms. The molecule has 3 aliphatic carbocycles. The topological polar surface area (TPSA) is 29.5 Å². The molecule has 134 valence electrons. The quantitative estimate of drug-likeness (QED) is 0.755. The molecule has 0 heterocycles. The standard InChI is InChI=1S/C21H38O2/c1-16-2-4-17(5-3-16)18-6-8-19(9-7-18)20-10-12-21(13-11-20)23-15-14-22/h16-22H,2-15H2,1H3. The van der Waals surface area contributed by atoms with E-state index in [1.165, 1.54) is 77.0 Å². The second-order valence-electron chi connectivity index (χ2n) is 8.83. The first-order chi connectivity index (χ1) is 11.3. The Bertz CT molecular complexity index is 319. The predicted octanol–water partition coefficient (Wildman–Crippen LogP) is 5.19. The van der Waals surface area contributed by atoms with Crippen molar-refractivity contribution in [1.29, 1.82) is 0 Å². The van der Waals surface area contributed by atoms with E-state index in [0.29, 0.717) is 12.7 Å². The number of hydrogen-bond donors (Lipinski definition) is 1. The molecule has 3 rings (SSSR count). The Morgan fingerprint density at radius 1 is 0.652 bits per heavy atom. The Morgan fingerprint density at radius 2 is 1.04 bits per heavy atom. The summed E-state index contributed by atoms with van der Waals surface area (Å²) in [6.07, 6.45) is 17.7. The van der Waals surface area contributed by atoms with Crippen LogP contribution in [0.5, 0.6) is 0 Å². The van der Waals surface area contributed by atoms with Crippen molar-refractivity contribution < 1.29 is 9.84 Å². The fourth-order valence-electron chi connectivity index (χ4n) is 5.79. The van der Waals surface area contributed by atoms with Crippen LogP contribution in [-0.2, 0) is 4.74 Å². The smallest absolute Gasteiger partial charge is 0.0701 e. The Labute approximate surface area is 143 Å². The van der Waals surface area contributed by atoms with Gasteiger partial charge in [0.1, 0.15) is 0 Å². The third kappa shape index (κ3) is 4.95. The predicted molar refractivity (Wildman–Crippen MR) is 95.4 cm³/mol. The Morgan fingerprint density at radius 3 is 1.48 bits per heavy atom. The van der Waals surface area contributed by atoms with Gasteiger partial charge in [-0.2, -0.15) is 0 Å². The van der Waals surface area contributed by atoms with Gasteiger partial charge in [0.05, 0.1) is 19.3 Å². The number of aliphatic hydroxyl groups is 1. The van der Waals surface area contributed by atoms with Crippen LogP contribution < -0.4 is 0 Å².